The summed E-state index contributed by atoms with van der Waals surface area (Å²) in [5.41, 5.74) is 5.24. The number of carbonyl (C=O) groups is 1. The number of oxazole rings is 1. The van der Waals surface area contributed by atoms with Crippen molar-refractivity contribution in [3.63, 3.8) is 0 Å². The van der Waals surface area contributed by atoms with E-state index < -0.39 is 0 Å². The highest BCUT2D eigenvalue weighted by molar-refractivity contribution is 7.99. The molecular weight excluding hydrogens is 310 g/mol. The van der Waals surface area contributed by atoms with Crippen LogP contribution in [0.1, 0.15) is 16.8 Å². The van der Waals surface area contributed by atoms with Gasteiger partial charge in [0.2, 0.25) is 5.91 Å². The summed E-state index contributed by atoms with van der Waals surface area (Å²) in [7, 11) is 0. The Bertz CT molecular complexity index is 873. The molecule has 0 aliphatic heterocycles. The first kappa shape index (κ1) is 15.6. The zero-order valence-electron chi connectivity index (χ0n) is 13.2. The second-order valence-corrected chi connectivity index (χ2v) is 6.32. The van der Waals surface area contributed by atoms with Gasteiger partial charge < -0.3 is 9.73 Å². The molecule has 3 rings (SSSR count). The van der Waals surface area contributed by atoms with Crippen LogP contribution < -0.4 is 5.32 Å². The number of amides is 1. The molecule has 0 radical (unpaired) electrons. The Kier molecular flexibility index (Phi) is 4.34. The second kappa shape index (κ2) is 6.42. The smallest absolute Gasteiger partial charge is 0.258 e. The van der Waals surface area contributed by atoms with Gasteiger partial charge in [-0.1, -0.05) is 17.8 Å². The molecular formula is C17H17N3O2S. The normalized spacial score (nSPS) is 10.9. The lowest BCUT2D eigenvalue weighted by atomic mass is 10.1. The van der Waals surface area contributed by atoms with Gasteiger partial charge in [0.05, 0.1) is 5.75 Å². The molecule has 23 heavy (non-hydrogen) atoms. The van der Waals surface area contributed by atoms with E-state index in [1.807, 2.05) is 51.1 Å². The predicted octanol–water partition coefficient (Wildman–Crippen LogP) is 3.88. The minimum absolute atomic E-state index is 0.0929. The van der Waals surface area contributed by atoms with Gasteiger partial charge >= 0.3 is 0 Å². The van der Waals surface area contributed by atoms with Crippen LogP contribution in [0.4, 0.5) is 5.69 Å². The third-order valence-electron chi connectivity index (χ3n) is 3.49. The molecule has 3 aromatic rings. The number of rotatable bonds is 4. The third-order valence-corrected chi connectivity index (χ3v) is 4.32. The Hall–Kier alpha value is -2.34. The van der Waals surface area contributed by atoms with Crippen molar-refractivity contribution >= 4 is 34.6 Å². The van der Waals surface area contributed by atoms with E-state index in [1.54, 1.807) is 0 Å². The fourth-order valence-corrected chi connectivity index (χ4v) is 2.73. The van der Waals surface area contributed by atoms with Gasteiger partial charge in [0, 0.05) is 11.4 Å². The average molecular weight is 327 g/mol. The van der Waals surface area contributed by atoms with Crippen molar-refractivity contribution in [1.82, 2.24) is 9.97 Å². The average Bonchev–Trinajstić information content (AvgIpc) is 2.91. The van der Waals surface area contributed by atoms with Crippen molar-refractivity contribution in [2.24, 2.45) is 0 Å². The maximum atomic E-state index is 12.0. The molecule has 1 N–H and O–H groups in total. The highest BCUT2D eigenvalue weighted by atomic mass is 32.2. The molecule has 0 saturated carbocycles. The molecule has 0 aliphatic carbocycles. The van der Waals surface area contributed by atoms with Crippen molar-refractivity contribution in [2.45, 2.75) is 26.0 Å². The van der Waals surface area contributed by atoms with Gasteiger partial charge in [-0.05, 0) is 56.2 Å². The molecule has 2 heterocycles. The number of carbonyl (C=O) groups excluding carboxylic acids is 1. The lowest BCUT2D eigenvalue weighted by molar-refractivity contribution is -0.113. The molecule has 5 nitrogen and oxygen atoms in total. The summed E-state index contributed by atoms with van der Waals surface area (Å²) < 4.78 is 5.57. The molecule has 118 valence electrons. The monoisotopic (exact) mass is 327 g/mol. The molecule has 0 saturated heterocycles. The number of anilines is 1. The number of benzene rings is 1. The summed E-state index contributed by atoms with van der Waals surface area (Å²) in [6.07, 6.45) is 0. The standard InChI is InChI=1S/C17H17N3O2S/c1-10-4-6-13(8-11(10)2)19-15(21)9-23-17-20-16-14(22-17)7-5-12(3)18-16/h4-8H,9H2,1-3H3,(H,19,21). The Morgan fingerprint density at radius 3 is 2.74 bits per heavy atom. The van der Waals surface area contributed by atoms with Crippen LogP contribution in [0.5, 0.6) is 0 Å². The number of thioether (sulfide) groups is 1. The van der Waals surface area contributed by atoms with Crippen molar-refractivity contribution in [1.29, 1.82) is 0 Å². The van der Waals surface area contributed by atoms with Crippen LogP contribution in [0.2, 0.25) is 0 Å². The molecule has 2 aromatic heterocycles. The highest BCUT2D eigenvalue weighted by Gasteiger charge is 2.10. The van der Waals surface area contributed by atoms with Gasteiger partial charge in [-0.3, -0.25) is 4.79 Å². The maximum absolute atomic E-state index is 12.0. The summed E-state index contributed by atoms with van der Waals surface area (Å²) in [6, 6.07) is 9.56. The quantitative estimate of drug-likeness (QED) is 0.737. The maximum Gasteiger partial charge on any atom is 0.258 e. The fourth-order valence-electron chi connectivity index (χ4n) is 2.10. The van der Waals surface area contributed by atoms with Gasteiger partial charge in [-0.15, -0.1) is 0 Å². The Labute approximate surface area is 138 Å². The molecule has 0 spiro atoms. The zero-order chi connectivity index (χ0) is 16.4. The lowest BCUT2D eigenvalue weighted by Gasteiger charge is -2.06. The van der Waals surface area contributed by atoms with Crippen molar-refractivity contribution in [3.05, 3.63) is 47.2 Å². The van der Waals surface area contributed by atoms with E-state index in [-0.39, 0.29) is 11.7 Å². The van der Waals surface area contributed by atoms with Gasteiger partial charge in [-0.2, -0.15) is 4.98 Å². The van der Waals surface area contributed by atoms with Crippen molar-refractivity contribution < 1.29 is 9.21 Å². The van der Waals surface area contributed by atoms with E-state index in [9.17, 15) is 4.79 Å². The lowest BCUT2D eigenvalue weighted by Crippen LogP contribution is -2.14. The Morgan fingerprint density at radius 1 is 1.13 bits per heavy atom. The first-order valence-corrected chi connectivity index (χ1v) is 8.24. The molecule has 0 bridgehead atoms. The van der Waals surface area contributed by atoms with E-state index in [2.05, 4.69) is 15.3 Å². The molecule has 0 atom stereocenters. The number of hydrogen-bond donors (Lipinski definition) is 1. The van der Waals surface area contributed by atoms with Crippen molar-refractivity contribution in [2.75, 3.05) is 11.1 Å². The first-order valence-electron chi connectivity index (χ1n) is 7.25. The summed E-state index contributed by atoms with van der Waals surface area (Å²) >= 11 is 1.26. The number of pyridine rings is 1. The van der Waals surface area contributed by atoms with E-state index in [0.717, 1.165) is 16.9 Å². The van der Waals surface area contributed by atoms with E-state index in [0.29, 0.717) is 16.5 Å². The van der Waals surface area contributed by atoms with Crippen LogP contribution in [-0.4, -0.2) is 21.6 Å². The molecule has 0 fully saturated rings. The number of aryl methyl sites for hydroxylation is 3. The molecule has 0 unspecified atom stereocenters. The second-order valence-electron chi connectivity index (χ2n) is 5.39. The van der Waals surface area contributed by atoms with Crippen LogP contribution in [0, 0.1) is 20.8 Å². The van der Waals surface area contributed by atoms with E-state index in [4.69, 9.17) is 4.42 Å². The highest BCUT2D eigenvalue weighted by Crippen LogP contribution is 2.23. The zero-order valence-corrected chi connectivity index (χ0v) is 14.0. The first-order chi connectivity index (χ1) is 11.0. The number of nitrogens with one attached hydrogen (secondary N) is 1. The largest absolute Gasteiger partial charge is 0.430 e. The summed E-state index contributed by atoms with van der Waals surface area (Å²) in [6.45, 7) is 5.96. The minimum Gasteiger partial charge on any atom is -0.430 e. The minimum atomic E-state index is -0.0929. The third kappa shape index (κ3) is 3.71. The number of hydrogen-bond acceptors (Lipinski definition) is 5. The number of aromatic nitrogens is 2. The van der Waals surface area contributed by atoms with E-state index in [1.165, 1.54) is 17.3 Å². The summed E-state index contributed by atoms with van der Waals surface area (Å²) in [5, 5.41) is 3.33. The molecule has 1 aromatic carbocycles. The van der Waals surface area contributed by atoms with Crippen molar-refractivity contribution in [3.8, 4) is 0 Å². The summed E-state index contributed by atoms with van der Waals surface area (Å²) in [4.78, 5) is 20.6. The number of fused-ring (bicyclic) bond motifs is 1. The topological polar surface area (TPSA) is 68.0 Å². The van der Waals surface area contributed by atoms with Gasteiger partial charge in [0.25, 0.3) is 5.22 Å². The SMILES string of the molecule is Cc1ccc2oc(SCC(=O)Nc3ccc(C)c(C)c3)nc2n1. The molecule has 6 heteroatoms. The summed E-state index contributed by atoms with van der Waals surface area (Å²) in [5.74, 6) is 0.142. The van der Waals surface area contributed by atoms with Crippen LogP contribution in [0.25, 0.3) is 11.2 Å². The molecule has 1 amide bonds. The van der Waals surface area contributed by atoms with Gasteiger partial charge in [-0.25, -0.2) is 4.98 Å². The van der Waals surface area contributed by atoms with Crippen LogP contribution >= 0.6 is 11.8 Å². The van der Waals surface area contributed by atoms with Crippen LogP contribution in [0.15, 0.2) is 40.0 Å². The number of nitrogens with zero attached hydrogens (tertiary/aromatic N) is 2. The van der Waals surface area contributed by atoms with Gasteiger partial charge in [0.1, 0.15) is 0 Å². The van der Waals surface area contributed by atoms with Crippen LogP contribution in [-0.2, 0) is 4.79 Å². The molecule has 0 aliphatic rings. The van der Waals surface area contributed by atoms with Gasteiger partial charge in [0.15, 0.2) is 11.2 Å². The predicted molar refractivity (Wildman–Crippen MR) is 91.8 cm³/mol. The Balaban J connectivity index is 1.62. The van der Waals surface area contributed by atoms with E-state index >= 15 is 0 Å². The fraction of sp³-hybridized carbons (Fsp3) is 0.235. The van der Waals surface area contributed by atoms with Crippen LogP contribution in [0.3, 0.4) is 0 Å². The Morgan fingerprint density at radius 2 is 1.96 bits per heavy atom.